The first-order valence-electron chi connectivity index (χ1n) is 8.46. The molecule has 0 spiro atoms. The molecule has 0 saturated carbocycles. The molecule has 4 nitrogen and oxygen atoms in total. The second kappa shape index (κ2) is 7.58. The first-order valence-corrected chi connectivity index (χ1v) is 9.66. The Hall–Kier alpha value is -1.85. The summed E-state index contributed by atoms with van der Waals surface area (Å²) in [6.07, 6.45) is 4.25. The van der Waals surface area contributed by atoms with Gasteiger partial charge in [0.25, 0.3) is 5.91 Å². The fourth-order valence-corrected chi connectivity index (χ4v) is 4.82. The molecule has 1 aliphatic rings. The van der Waals surface area contributed by atoms with E-state index in [2.05, 4.69) is 12.2 Å². The number of primary amides is 1. The van der Waals surface area contributed by atoms with Crippen molar-refractivity contribution in [3.8, 4) is 0 Å². The lowest BCUT2D eigenvalue weighted by Crippen LogP contribution is -2.20. The molecule has 0 aliphatic heterocycles. The van der Waals surface area contributed by atoms with Crippen molar-refractivity contribution in [1.82, 2.24) is 0 Å². The molecular weight excluding hydrogens is 356 g/mol. The molecule has 25 heavy (non-hydrogen) atoms. The summed E-state index contributed by atoms with van der Waals surface area (Å²) in [5, 5.41) is 4.12. The third-order valence-electron chi connectivity index (χ3n) is 4.72. The van der Waals surface area contributed by atoms with Gasteiger partial charge in [-0.1, -0.05) is 37.1 Å². The highest BCUT2D eigenvalue weighted by Crippen LogP contribution is 2.40. The van der Waals surface area contributed by atoms with Gasteiger partial charge in [-0.15, -0.1) is 11.3 Å². The van der Waals surface area contributed by atoms with Crippen LogP contribution in [-0.4, -0.2) is 11.8 Å². The molecule has 132 valence electrons. The van der Waals surface area contributed by atoms with Crippen LogP contribution in [0.2, 0.25) is 5.02 Å². The van der Waals surface area contributed by atoms with Crippen LogP contribution in [-0.2, 0) is 24.1 Å². The number of hydrogen-bond acceptors (Lipinski definition) is 3. The van der Waals surface area contributed by atoms with Gasteiger partial charge < -0.3 is 11.1 Å². The number of hydrogen-bond donors (Lipinski definition) is 2. The quantitative estimate of drug-likeness (QED) is 0.820. The van der Waals surface area contributed by atoms with E-state index in [9.17, 15) is 9.59 Å². The lowest BCUT2D eigenvalue weighted by Gasteiger charge is -2.20. The maximum atomic E-state index is 12.4. The lowest BCUT2D eigenvalue weighted by molar-refractivity contribution is -0.115. The second-order valence-electron chi connectivity index (χ2n) is 6.44. The zero-order valence-corrected chi connectivity index (χ0v) is 15.7. The molecule has 0 fully saturated rings. The third kappa shape index (κ3) is 4.05. The molecule has 2 amide bonds. The fourth-order valence-electron chi connectivity index (χ4n) is 3.31. The number of benzene rings is 1. The molecule has 0 bridgehead atoms. The Morgan fingerprint density at radius 1 is 1.32 bits per heavy atom. The predicted octanol–water partition coefficient (Wildman–Crippen LogP) is 4.20. The Kier molecular flexibility index (Phi) is 5.45. The number of nitrogens with two attached hydrogens (primary N) is 1. The Balaban J connectivity index is 1.79. The number of carbonyl (C=O) groups is 2. The van der Waals surface area contributed by atoms with Crippen molar-refractivity contribution in [2.75, 3.05) is 5.32 Å². The Labute approximate surface area is 156 Å². The van der Waals surface area contributed by atoms with Gasteiger partial charge in [0.1, 0.15) is 5.00 Å². The van der Waals surface area contributed by atoms with Crippen LogP contribution < -0.4 is 11.1 Å². The van der Waals surface area contributed by atoms with Gasteiger partial charge in [0.15, 0.2) is 0 Å². The van der Waals surface area contributed by atoms with E-state index < -0.39 is 5.91 Å². The number of carbonyl (C=O) groups excluding carboxylic acids is 2. The van der Waals surface area contributed by atoms with Crippen molar-refractivity contribution in [2.45, 2.75) is 39.0 Å². The van der Waals surface area contributed by atoms with Gasteiger partial charge in [0.05, 0.1) is 12.0 Å². The summed E-state index contributed by atoms with van der Waals surface area (Å²) >= 11 is 7.36. The van der Waals surface area contributed by atoms with Crippen LogP contribution in [0.1, 0.15) is 46.1 Å². The van der Waals surface area contributed by atoms with Gasteiger partial charge in [0, 0.05) is 9.90 Å². The van der Waals surface area contributed by atoms with Crippen LogP contribution in [0.5, 0.6) is 0 Å². The number of anilines is 1. The van der Waals surface area contributed by atoms with Gasteiger partial charge in [-0.05, 0) is 48.4 Å². The molecule has 1 heterocycles. The molecule has 3 N–H and O–H groups in total. The normalized spacial score (nSPS) is 16.3. The maximum Gasteiger partial charge on any atom is 0.251 e. The third-order valence-corrected chi connectivity index (χ3v) is 6.14. The largest absolute Gasteiger partial charge is 0.365 e. The molecule has 1 aliphatic carbocycles. The number of rotatable bonds is 5. The van der Waals surface area contributed by atoms with E-state index in [0.29, 0.717) is 21.5 Å². The van der Waals surface area contributed by atoms with E-state index in [1.54, 1.807) is 12.1 Å². The van der Waals surface area contributed by atoms with E-state index >= 15 is 0 Å². The minimum Gasteiger partial charge on any atom is -0.365 e. The first-order chi connectivity index (χ1) is 12.0. The van der Waals surface area contributed by atoms with E-state index in [4.69, 9.17) is 17.3 Å². The highest BCUT2D eigenvalue weighted by atomic mass is 35.5. The van der Waals surface area contributed by atoms with E-state index in [1.807, 2.05) is 12.1 Å². The summed E-state index contributed by atoms with van der Waals surface area (Å²) < 4.78 is 0. The van der Waals surface area contributed by atoms with Gasteiger partial charge in [0.2, 0.25) is 5.91 Å². The zero-order chi connectivity index (χ0) is 18.0. The van der Waals surface area contributed by atoms with Crippen LogP contribution in [0.4, 0.5) is 5.00 Å². The molecule has 0 radical (unpaired) electrons. The topological polar surface area (TPSA) is 72.2 Å². The van der Waals surface area contributed by atoms with Crippen molar-refractivity contribution in [1.29, 1.82) is 0 Å². The van der Waals surface area contributed by atoms with Crippen LogP contribution in [0.25, 0.3) is 0 Å². The molecule has 3 rings (SSSR count). The van der Waals surface area contributed by atoms with Crippen molar-refractivity contribution >= 4 is 39.8 Å². The standard InChI is InChI=1S/C19H21ClN2O2S/c1-2-11-5-8-14-15(9-11)25-19(17(14)18(21)24)22-16(23)10-12-3-6-13(20)7-4-12/h3-4,6-7,11H,2,5,8-10H2,1H3,(H2,21,24)(H,22,23). The highest BCUT2D eigenvalue weighted by Gasteiger charge is 2.28. The molecule has 1 aromatic heterocycles. The van der Waals surface area contributed by atoms with Crippen LogP contribution in [0.15, 0.2) is 24.3 Å². The van der Waals surface area contributed by atoms with Gasteiger partial charge in [-0.3, -0.25) is 9.59 Å². The van der Waals surface area contributed by atoms with Crippen LogP contribution >= 0.6 is 22.9 Å². The van der Waals surface area contributed by atoms with Crippen molar-refractivity contribution < 1.29 is 9.59 Å². The number of nitrogens with one attached hydrogen (secondary N) is 1. The molecule has 6 heteroatoms. The second-order valence-corrected chi connectivity index (χ2v) is 7.98. The van der Waals surface area contributed by atoms with E-state index in [1.165, 1.54) is 16.2 Å². The van der Waals surface area contributed by atoms with E-state index in [0.717, 1.165) is 36.8 Å². The predicted molar refractivity (Wildman–Crippen MR) is 102 cm³/mol. The monoisotopic (exact) mass is 376 g/mol. The molecule has 0 saturated heterocycles. The average Bonchev–Trinajstić information content (AvgIpc) is 2.93. The van der Waals surface area contributed by atoms with E-state index in [-0.39, 0.29) is 12.3 Å². The summed E-state index contributed by atoms with van der Waals surface area (Å²) in [6, 6.07) is 7.16. The summed E-state index contributed by atoms with van der Waals surface area (Å²) in [4.78, 5) is 25.5. The lowest BCUT2D eigenvalue weighted by atomic mass is 9.85. The smallest absolute Gasteiger partial charge is 0.251 e. The maximum absolute atomic E-state index is 12.4. The van der Waals surface area contributed by atoms with Gasteiger partial charge >= 0.3 is 0 Å². The zero-order valence-electron chi connectivity index (χ0n) is 14.1. The Morgan fingerprint density at radius 2 is 2.04 bits per heavy atom. The summed E-state index contributed by atoms with van der Waals surface area (Å²) in [5.74, 6) is 0.0224. The number of thiophene rings is 1. The Morgan fingerprint density at radius 3 is 2.68 bits per heavy atom. The van der Waals surface area contributed by atoms with Crippen molar-refractivity contribution in [2.24, 2.45) is 11.7 Å². The van der Waals surface area contributed by atoms with Gasteiger partial charge in [-0.25, -0.2) is 0 Å². The molecular formula is C19H21ClN2O2S. The minimum absolute atomic E-state index is 0.157. The van der Waals surface area contributed by atoms with Crippen molar-refractivity contribution in [3.63, 3.8) is 0 Å². The highest BCUT2D eigenvalue weighted by molar-refractivity contribution is 7.17. The fraction of sp³-hybridized carbons (Fsp3) is 0.368. The van der Waals surface area contributed by atoms with Crippen molar-refractivity contribution in [3.05, 3.63) is 50.9 Å². The Bertz CT molecular complexity index is 799. The molecule has 2 aromatic rings. The number of amides is 2. The number of halogens is 1. The minimum atomic E-state index is -0.464. The SMILES string of the molecule is CCC1CCc2c(sc(NC(=O)Cc3ccc(Cl)cc3)c2C(N)=O)C1. The molecule has 1 unspecified atom stereocenters. The van der Waals surface area contributed by atoms with Gasteiger partial charge in [-0.2, -0.15) is 0 Å². The summed E-state index contributed by atoms with van der Waals surface area (Å²) in [5.41, 5.74) is 8.00. The molecule has 1 aromatic carbocycles. The number of fused-ring (bicyclic) bond motifs is 1. The summed E-state index contributed by atoms with van der Waals surface area (Å²) in [6.45, 7) is 2.19. The first kappa shape index (κ1) is 18.0. The van der Waals surface area contributed by atoms with Crippen LogP contribution in [0.3, 0.4) is 0 Å². The van der Waals surface area contributed by atoms with Crippen LogP contribution in [0, 0.1) is 5.92 Å². The summed E-state index contributed by atoms with van der Waals surface area (Å²) in [7, 11) is 0. The molecule has 1 atom stereocenters. The average molecular weight is 377 g/mol.